The Labute approximate surface area is 188 Å². The average Bonchev–Trinajstić information content (AvgIpc) is 2.96. The van der Waals surface area contributed by atoms with E-state index in [2.05, 4.69) is 10.6 Å². The Morgan fingerprint density at radius 1 is 1.18 bits per heavy atom. The van der Waals surface area contributed by atoms with Gasteiger partial charge in [-0.1, -0.05) is 25.3 Å². The Balaban J connectivity index is 1.42. The number of rotatable bonds is 3. The number of aromatic hydroxyl groups is 1. The third-order valence-electron chi connectivity index (χ3n) is 6.84. The topological polar surface area (TPSA) is 104 Å². The van der Waals surface area contributed by atoms with Gasteiger partial charge in [0.2, 0.25) is 5.43 Å². The summed E-state index contributed by atoms with van der Waals surface area (Å²) in [7, 11) is 0. The van der Waals surface area contributed by atoms with Gasteiger partial charge in [0.1, 0.15) is 23.4 Å². The second-order valence-corrected chi connectivity index (χ2v) is 8.85. The zero-order chi connectivity index (χ0) is 23.3. The molecule has 0 unspecified atom stereocenters. The second-order valence-electron chi connectivity index (χ2n) is 8.85. The van der Waals surface area contributed by atoms with E-state index in [1.54, 1.807) is 4.90 Å². The fourth-order valence-electron chi connectivity index (χ4n) is 5.23. The van der Waals surface area contributed by atoms with Gasteiger partial charge in [-0.05, 0) is 18.9 Å². The lowest BCUT2D eigenvalue weighted by molar-refractivity contribution is 0.0556. The number of halogens is 2. The number of amides is 2. The number of benzene rings is 1. The highest BCUT2D eigenvalue weighted by Gasteiger charge is 2.47. The number of aromatic nitrogens is 1. The van der Waals surface area contributed by atoms with E-state index in [-0.39, 0.29) is 48.2 Å². The molecule has 1 aromatic heterocycles. The number of carbonyl (C=O) groups excluding carboxylic acids is 2. The molecule has 3 heterocycles. The van der Waals surface area contributed by atoms with Crippen LogP contribution in [0, 0.1) is 11.6 Å². The van der Waals surface area contributed by atoms with Crippen LogP contribution in [0.15, 0.2) is 29.2 Å². The molecule has 0 radical (unpaired) electrons. The van der Waals surface area contributed by atoms with Gasteiger partial charge in [-0.3, -0.25) is 19.7 Å². The largest absolute Gasteiger partial charge is 0.503 e. The van der Waals surface area contributed by atoms with Crippen LogP contribution < -0.4 is 16.1 Å². The van der Waals surface area contributed by atoms with E-state index in [1.165, 1.54) is 16.8 Å². The van der Waals surface area contributed by atoms with Crippen molar-refractivity contribution >= 4 is 11.8 Å². The Bertz CT molecular complexity index is 1200. The molecule has 2 aromatic rings. The van der Waals surface area contributed by atoms with Gasteiger partial charge in [0.15, 0.2) is 11.4 Å². The van der Waals surface area contributed by atoms with Crippen LogP contribution in [0.1, 0.15) is 58.5 Å². The first kappa shape index (κ1) is 21.6. The molecule has 33 heavy (non-hydrogen) atoms. The minimum atomic E-state index is -0.963. The van der Waals surface area contributed by atoms with E-state index in [4.69, 9.17) is 0 Å². The highest BCUT2D eigenvalue weighted by molar-refractivity contribution is 5.99. The molecule has 0 bridgehead atoms. The van der Waals surface area contributed by atoms with E-state index in [0.717, 1.165) is 38.2 Å². The van der Waals surface area contributed by atoms with Crippen molar-refractivity contribution in [3.05, 3.63) is 63.1 Å². The van der Waals surface area contributed by atoms with Gasteiger partial charge >= 0.3 is 0 Å². The first-order valence-corrected chi connectivity index (χ1v) is 11.1. The first-order valence-electron chi connectivity index (χ1n) is 11.1. The van der Waals surface area contributed by atoms with Crippen LogP contribution in [0.25, 0.3) is 0 Å². The standard InChI is InChI=1S/C23H24F2N4O4/c24-13-7-6-12(15(25)8-13)9-26-22(32)14-10-28-11-18-27-16-4-2-1-3-5-17(16)29(18)23(33)19(28)21(31)20(14)30/h6-8,10,16-18,27,31H,1-5,9,11H2,(H,26,32)/t16-,17-,18-/m0/s1. The van der Waals surface area contributed by atoms with Crippen molar-refractivity contribution in [2.45, 2.75) is 63.4 Å². The summed E-state index contributed by atoms with van der Waals surface area (Å²) in [5.74, 6) is -3.58. The summed E-state index contributed by atoms with van der Waals surface area (Å²) in [5.41, 5.74) is -1.39. The van der Waals surface area contributed by atoms with Crippen molar-refractivity contribution in [2.24, 2.45) is 0 Å². The highest BCUT2D eigenvalue weighted by Crippen LogP contribution is 2.34. The number of hydrogen-bond donors (Lipinski definition) is 3. The minimum Gasteiger partial charge on any atom is -0.503 e. The Morgan fingerprint density at radius 3 is 2.76 bits per heavy atom. The third kappa shape index (κ3) is 3.68. The van der Waals surface area contributed by atoms with E-state index < -0.39 is 34.6 Å². The smallest absolute Gasteiger partial charge is 0.276 e. The molecule has 174 valence electrons. The SMILES string of the molecule is O=C(NCc1ccc(F)cc1F)c1cn2c(c(O)c1=O)C(=O)N1[C@@H](C2)N[C@H]2CCCCC[C@@H]21. The molecule has 5 rings (SSSR count). The maximum Gasteiger partial charge on any atom is 0.276 e. The molecule has 1 aliphatic carbocycles. The van der Waals surface area contributed by atoms with Crippen molar-refractivity contribution in [3.8, 4) is 5.75 Å². The van der Waals surface area contributed by atoms with Crippen molar-refractivity contribution < 1.29 is 23.5 Å². The molecule has 1 aromatic carbocycles. The van der Waals surface area contributed by atoms with Gasteiger partial charge in [-0.2, -0.15) is 0 Å². The lowest BCUT2D eigenvalue weighted by Gasteiger charge is -2.36. The van der Waals surface area contributed by atoms with E-state index in [9.17, 15) is 28.3 Å². The average molecular weight is 458 g/mol. The number of nitrogens with zero attached hydrogens (tertiary/aromatic N) is 2. The fraction of sp³-hybridized carbons (Fsp3) is 0.435. The monoisotopic (exact) mass is 458 g/mol. The molecule has 10 heteroatoms. The Morgan fingerprint density at radius 2 is 1.97 bits per heavy atom. The Kier molecular flexibility index (Phi) is 5.40. The zero-order valence-corrected chi connectivity index (χ0v) is 17.8. The summed E-state index contributed by atoms with van der Waals surface area (Å²) >= 11 is 0. The van der Waals surface area contributed by atoms with Crippen LogP contribution in [0.5, 0.6) is 5.75 Å². The summed E-state index contributed by atoms with van der Waals surface area (Å²) < 4.78 is 28.4. The number of pyridine rings is 1. The summed E-state index contributed by atoms with van der Waals surface area (Å²) in [6, 6.07) is 3.14. The van der Waals surface area contributed by atoms with Crippen LogP contribution in [0.2, 0.25) is 0 Å². The molecule has 2 fully saturated rings. The minimum absolute atomic E-state index is 0.0156. The highest BCUT2D eigenvalue weighted by atomic mass is 19.1. The molecular formula is C23H24F2N4O4. The molecule has 8 nitrogen and oxygen atoms in total. The van der Waals surface area contributed by atoms with Crippen molar-refractivity contribution in [2.75, 3.05) is 0 Å². The lowest BCUT2D eigenvalue weighted by Crippen LogP contribution is -2.51. The van der Waals surface area contributed by atoms with E-state index in [0.29, 0.717) is 6.07 Å². The summed E-state index contributed by atoms with van der Waals surface area (Å²) in [5, 5.41) is 16.5. The van der Waals surface area contributed by atoms with Gasteiger partial charge < -0.3 is 19.9 Å². The summed E-state index contributed by atoms with van der Waals surface area (Å²) in [6.45, 7) is 0.0158. The van der Waals surface area contributed by atoms with Crippen LogP contribution in [-0.2, 0) is 13.1 Å². The van der Waals surface area contributed by atoms with Gasteiger partial charge in [0.25, 0.3) is 11.8 Å². The molecule has 3 N–H and O–H groups in total. The van der Waals surface area contributed by atoms with Gasteiger partial charge in [0, 0.05) is 36.5 Å². The number of fused-ring (bicyclic) bond motifs is 4. The van der Waals surface area contributed by atoms with Gasteiger partial charge in [0.05, 0.1) is 6.54 Å². The molecule has 1 saturated carbocycles. The quantitative estimate of drug-likeness (QED) is 0.652. The maximum atomic E-state index is 13.8. The maximum absolute atomic E-state index is 13.8. The van der Waals surface area contributed by atoms with Crippen molar-refractivity contribution in [1.82, 2.24) is 20.1 Å². The Hall–Kier alpha value is -3.27. The van der Waals surface area contributed by atoms with Crippen LogP contribution >= 0.6 is 0 Å². The molecule has 1 saturated heterocycles. The van der Waals surface area contributed by atoms with Crippen molar-refractivity contribution in [3.63, 3.8) is 0 Å². The second kappa shape index (κ2) is 8.26. The number of carbonyl (C=O) groups is 2. The van der Waals surface area contributed by atoms with Gasteiger partial charge in [-0.25, -0.2) is 8.78 Å². The molecule has 2 aliphatic heterocycles. The predicted octanol–water partition coefficient (Wildman–Crippen LogP) is 1.85. The molecule has 3 aliphatic rings. The number of hydrogen-bond acceptors (Lipinski definition) is 5. The van der Waals surface area contributed by atoms with Gasteiger partial charge in [-0.15, -0.1) is 0 Å². The fourth-order valence-corrected chi connectivity index (χ4v) is 5.23. The first-order chi connectivity index (χ1) is 15.8. The van der Waals surface area contributed by atoms with Crippen LogP contribution in [-0.4, -0.2) is 44.6 Å². The normalized spacial score (nSPS) is 24.0. The zero-order valence-electron chi connectivity index (χ0n) is 17.8. The third-order valence-corrected chi connectivity index (χ3v) is 6.84. The lowest BCUT2D eigenvalue weighted by atomic mass is 10.0. The molecular weight excluding hydrogens is 434 g/mol. The van der Waals surface area contributed by atoms with Crippen molar-refractivity contribution in [1.29, 1.82) is 0 Å². The predicted molar refractivity (Wildman–Crippen MR) is 114 cm³/mol. The summed E-state index contributed by atoms with van der Waals surface area (Å²) in [6.07, 6.45) is 6.01. The number of nitrogens with one attached hydrogen (secondary N) is 2. The van der Waals surface area contributed by atoms with Crippen LogP contribution in [0.3, 0.4) is 0 Å². The van der Waals surface area contributed by atoms with E-state index >= 15 is 0 Å². The molecule has 3 atom stereocenters. The molecule has 0 spiro atoms. The van der Waals surface area contributed by atoms with E-state index in [1.807, 2.05) is 0 Å². The summed E-state index contributed by atoms with van der Waals surface area (Å²) in [4.78, 5) is 40.4. The molecule has 2 amide bonds. The van der Waals surface area contributed by atoms with Crippen LogP contribution in [0.4, 0.5) is 8.78 Å².